The Balaban J connectivity index is 2.55. The number of rotatable bonds is 2. The highest BCUT2D eigenvalue weighted by atomic mass is 19.2. The van der Waals surface area contributed by atoms with Crippen LogP contribution in [0.2, 0.25) is 0 Å². The first-order valence-electron chi connectivity index (χ1n) is 6.98. The monoisotopic (exact) mass is 210 g/mol. The summed E-state index contributed by atoms with van der Waals surface area (Å²) in [4.78, 5) is 0. The van der Waals surface area contributed by atoms with E-state index in [-0.39, 0.29) is 0 Å². The fraction of sp³-hybridized carbons (Fsp3) is 0.333. The summed E-state index contributed by atoms with van der Waals surface area (Å²) in [6.07, 6.45) is -3.07. The molecule has 1 N–H and O–H groups in total. The molecule has 2 rings (SSSR count). The number of halogens is 3. The van der Waals surface area contributed by atoms with Gasteiger partial charge in [-0.15, -0.1) is 0 Å². The SMILES string of the molecule is [2H]c1c(F)c([2H])c(OC2([2H])C([2H])([2H])NC2([2H])[2H])c(F)c1F. The summed E-state index contributed by atoms with van der Waals surface area (Å²) in [7, 11) is 0. The molecule has 0 spiro atoms. The molecule has 2 nitrogen and oxygen atoms in total. The molecule has 1 saturated heterocycles. The molecule has 1 fully saturated rings. The van der Waals surface area contributed by atoms with Gasteiger partial charge in [0.05, 0.1) is 4.11 Å². The van der Waals surface area contributed by atoms with Gasteiger partial charge in [0.1, 0.15) is 11.9 Å². The van der Waals surface area contributed by atoms with E-state index in [0.29, 0.717) is 0 Å². The van der Waals surface area contributed by atoms with Crippen LogP contribution in [0.3, 0.4) is 0 Å². The van der Waals surface area contributed by atoms with E-state index < -0.39 is 54.4 Å². The summed E-state index contributed by atoms with van der Waals surface area (Å²) in [5.74, 6) is -7.17. The molecule has 76 valence electrons. The van der Waals surface area contributed by atoms with Gasteiger partial charge >= 0.3 is 0 Å². The molecule has 1 heterocycles. The third kappa shape index (κ3) is 1.68. The molecule has 1 aliphatic heterocycles. The van der Waals surface area contributed by atoms with Crippen molar-refractivity contribution in [3.05, 3.63) is 29.5 Å². The third-order valence-corrected chi connectivity index (χ3v) is 1.39. The normalized spacial score (nSPS) is 33.2. The fourth-order valence-electron chi connectivity index (χ4n) is 0.774. The molecule has 0 atom stereocenters. The Morgan fingerprint density at radius 3 is 2.86 bits per heavy atom. The summed E-state index contributed by atoms with van der Waals surface area (Å²) >= 11 is 0. The van der Waals surface area contributed by atoms with Gasteiger partial charge in [-0.25, -0.2) is 8.78 Å². The molecule has 1 aromatic carbocycles. The van der Waals surface area contributed by atoms with Crippen LogP contribution in [0, 0.1) is 17.5 Å². The van der Waals surface area contributed by atoms with Gasteiger partial charge in [0.2, 0.25) is 5.82 Å². The average molecular weight is 210 g/mol. The van der Waals surface area contributed by atoms with Crippen molar-refractivity contribution in [2.24, 2.45) is 0 Å². The zero-order chi connectivity index (χ0) is 16.4. The van der Waals surface area contributed by atoms with E-state index in [1.165, 1.54) is 0 Å². The first kappa shape index (κ1) is 4.10. The molecular weight excluding hydrogens is 195 g/mol. The van der Waals surface area contributed by atoms with Crippen LogP contribution >= 0.6 is 0 Å². The van der Waals surface area contributed by atoms with Crippen molar-refractivity contribution in [2.45, 2.75) is 6.08 Å². The second kappa shape index (κ2) is 3.49. The van der Waals surface area contributed by atoms with Crippen molar-refractivity contribution in [1.29, 1.82) is 0 Å². The highest BCUT2D eigenvalue weighted by Crippen LogP contribution is 2.23. The lowest BCUT2D eigenvalue weighted by molar-refractivity contribution is 0.134. The van der Waals surface area contributed by atoms with Crippen LogP contribution < -0.4 is 10.1 Å². The Morgan fingerprint density at radius 2 is 2.21 bits per heavy atom. The van der Waals surface area contributed by atoms with Crippen molar-refractivity contribution in [3.63, 3.8) is 0 Å². The predicted octanol–water partition coefficient (Wildman–Crippen LogP) is 1.45. The lowest BCUT2D eigenvalue weighted by Gasteiger charge is -2.27. The van der Waals surface area contributed by atoms with E-state index >= 15 is 0 Å². The summed E-state index contributed by atoms with van der Waals surface area (Å²) in [5, 5.41) is 1.69. The highest BCUT2D eigenvalue weighted by molar-refractivity contribution is 5.26. The Hall–Kier alpha value is -1.23. The lowest BCUT2D eigenvalue weighted by atomic mass is 10.2. The van der Waals surface area contributed by atoms with Gasteiger partial charge in [0.15, 0.2) is 11.6 Å². The van der Waals surface area contributed by atoms with Crippen LogP contribution in [0.25, 0.3) is 0 Å². The quantitative estimate of drug-likeness (QED) is 0.746. The minimum Gasteiger partial charge on any atom is -0.484 e. The average Bonchev–Trinajstić information content (AvgIpc) is 2.37. The minimum absolute atomic E-state index is 1.40. The maximum Gasteiger partial charge on any atom is 0.200 e. The molecule has 14 heavy (non-hydrogen) atoms. The van der Waals surface area contributed by atoms with Crippen molar-refractivity contribution >= 4 is 0 Å². The van der Waals surface area contributed by atoms with Crippen molar-refractivity contribution in [2.75, 3.05) is 13.0 Å². The molecule has 0 saturated carbocycles. The minimum atomic E-state index is -3.07. The number of hydrogen-bond donors (Lipinski definition) is 1. The Kier molecular flexibility index (Phi) is 1.02. The summed E-state index contributed by atoms with van der Waals surface area (Å²) in [6.45, 7) is -5.58. The van der Waals surface area contributed by atoms with Crippen LogP contribution in [0.5, 0.6) is 5.75 Å². The molecule has 0 bridgehead atoms. The van der Waals surface area contributed by atoms with E-state index in [0.717, 1.165) is 0 Å². The molecule has 0 aromatic heterocycles. The molecule has 0 unspecified atom stereocenters. The maximum absolute atomic E-state index is 13.6. The van der Waals surface area contributed by atoms with Gasteiger partial charge in [0.25, 0.3) is 0 Å². The smallest absolute Gasteiger partial charge is 0.200 e. The fourth-order valence-corrected chi connectivity index (χ4v) is 0.774. The van der Waals surface area contributed by atoms with Crippen molar-refractivity contribution in [1.82, 2.24) is 5.32 Å². The molecule has 1 aromatic rings. The second-order valence-corrected chi connectivity index (χ2v) is 2.33. The largest absolute Gasteiger partial charge is 0.484 e. The molecule has 5 heteroatoms. The van der Waals surface area contributed by atoms with E-state index in [1.807, 2.05) is 0 Å². The van der Waals surface area contributed by atoms with E-state index in [2.05, 4.69) is 4.74 Å². The zero-order valence-corrected chi connectivity index (χ0v) is 6.54. The number of hydrogen-bond acceptors (Lipinski definition) is 2. The van der Waals surface area contributed by atoms with Gasteiger partial charge < -0.3 is 10.1 Å². The van der Waals surface area contributed by atoms with Crippen LogP contribution in [-0.2, 0) is 0 Å². The van der Waals surface area contributed by atoms with Gasteiger partial charge in [-0.3, -0.25) is 0 Å². The van der Waals surface area contributed by atoms with Crippen molar-refractivity contribution < 1.29 is 27.5 Å². The molecule has 0 radical (unpaired) electrons. The Morgan fingerprint density at radius 1 is 1.50 bits per heavy atom. The Labute approximate surface area is 88.5 Å². The van der Waals surface area contributed by atoms with E-state index in [9.17, 15) is 13.2 Å². The zero-order valence-electron chi connectivity index (χ0n) is 13.5. The standard InChI is InChI=1S/C9H8F3NO/c10-5-1-7(11)9(12)8(2-5)14-6-3-13-4-6/h1-2,6,13H,3-4H2/i1D,2D,3D2,4D2,6D. The van der Waals surface area contributed by atoms with Crippen LogP contribution in [0.4, 0.5) is 13.2 Å². The summed E-state index contributed by atoms with van der Waals surface area (Å²) < 4.78 is 95.8. The van der Waals surface area contributed by atoms with Crippen LogP contribution in [-0.4, -0.2) is 19.1 Å². The third-order valence-electron chi connectivity index (χ3n) is 1.39. The van der Waals surface area contributed by atoms with Gasteiger partial charge in [0, 0.05) is 30.6 Å². The summed E-state index contributed by atoms with van der Waals surface area (Å²) in [5.41, 5.74) is 0. The first-order chi connectivity index (χ1) is 9.36. The highest BCUT2D eigenvalue weighted by Gasteiger charge is 2.21. The summed E-state index contributed by atoms with van der Waals surface area (Å²) in [6, 6.07) is -2.91. The van der Waals surface area contributed by atoms with Crippen LogP contribution in [0.15, 0.2) is 12.1 Å². The van der Waals surface area contributed by atoms with Crippen LogP contribution in [0.1, 0.15) is 9.60 Å². The topological polar surface area (TPSA) is 21.3 Å². The van der Waals surface area contributed by atoms with E-state index in [1.54, 1.807) is 5.32 Å². The maximum atomic E-state index is 13.6. The second-order valence-electron chi connectivity index (χ2n) is 2.33. The van der Waals surface area contributed by atoms with Crippen molar-refractivity contribution in [3.8, 4) is 5.75 Å². The number of benzene rings is 1. The number of nitrogens with one attached hydrogen (secondary N) is 1. The molecule has 1 aliphatic rings. The van der Waals surface area contributed by atoms with E-state index in [4.69, 9.17) is 9.60 Å². The lowest BCUT2D eigenvalue weighted by Crippen LogP contribution is -2.50. The van der Waals surface area contributed by atoms with Gasteiger partial charge in [-0.1, -0.05) is 0 Å². The molecule has 0 aliphatic carbocycles. The number of ether oxygens (including phenoxy) is 1. The molecule has 0 amide bonds. The van der Waals surface area contributed by atoms with Gasteiger partial charge in [-0.2, -0.15) is 4.39 Å². The first-order valence-corrected chi connectivity index (χ1v) is 3.48. The van der Waals surface area contributed by atoms with Gasteiger partial charge in [-0.05, 0) is 0 Å². The predicted molar refractivity (Wildman–Crippen MR) is 43.6 cm³/mol. The Bertz CT molecular complexity index is 581. The molecular formula is C9H8F3NO.